The van der Waals surface area contributed by atoms with Gasteiger partial charge in [-0.05, 0) is 97.0 Å². The normalized spacial score (nSPS) is 11.9. The Bertz CT molecular complexity index is 1740. The fourth-order valence-electron chi connectivity index (χ4n) is 6.35. The number of fused-ring (bicyclic) bond motifs is 1. The van der Waals surface area contributed by atoms with Crippen LogP contribution < -0.4 is 14.8 Å². The van der Waals surface area contributed by atoms with Crippen molar-refractivity contribution in [3.05, 3.63) is 118 Å². The van der Waals surface area contributed by atoms with Crippen LogP contribution in [0.3, 0.4) is 0 Å². The fraction of sp³-hybridized carbons (Fsp3) is 0.341. The van der Waals surface area contributed by atoms with Gasteiger partial charge in [0.1, 0.15) is 30.5 Å². The maximum atomic E-state index is 12.8. The number of nitriles is 1. The number of nitrogens with zero attached hydrogens (tertiary/aromatic N) is 1. The first-order chi connectivity index (χ1) is 22.9. The zero-order valence-corrected chi connectivity index (χ0v) is 27.6. The van der Waals surface area contributed by atoms with Crippen LogP contribution in [0.4, 0.5) is 0 Å². The summed E-state index contributed by atoms with van der Waals surface area (Å²) < 4.78 is 13.0. The molecule has 1 amide bonds. The Balaban J connectivity index is 1.34. The van der Waals surface area contributed by atoms with Crippen LogP contribution in [-0.4, -0.2) is 11.7 Å². The smallest absolute Gasteiger partial charge is 0.220 e. The number of hydrogen-bond donors (Lipinski definition) is 1. The summed E-state index contributed by atoms with van der Waals surface area (Å²) in [6.07, 6.45) is 7.49. The van der Waals surface area contributed by atoms with Crippen molar-refractivity contribution in [2.75, 3.05) is 0 Å². The van der Waals surface area contributed by atoms with Crippen LogP contribution in [0.25, 0.3) is 11.1 Å². The Morgan fingerprint density at radius 2 is 1.55 bits per heavy atom. The van der Waals surface area contributed by atoms with Crippen molar-refractivity contribution in [3.8, 4) is 28.7 Å². The van der Waals surface area contributed by atoms with Crippen molar-refractivity contribution < 1.29 is 19.1 Å². The summed E-state index contributed by atoms with van der Waals surface area (Å²) in [7, 11) is 0. The van der Waals surface area contributed by atoms with Gasteiger partial charge in [0, 0.05) is 31.0 Å². The van der Waals surface area contributed by atoms with E-state index < -0.39 is 0 Å². The topological polar surface area (TPSA) is 88.4 Å². The van der Waals surface area contributed by atoms with Gasteiger partial charge in [-0.3, -0.25) is 4.79 Å². The number of ether oxygens (including phenoxy) is 2. The molecule has 0 saturated heterocycles. The standard InChI is InChI=1S/C41H44N2O4/c1-29(44)13-6-3-4-9-22-41(45)43-26-38-36-20-12-21-37(36)39(24-40(38)46-27-32-15-10-14-31(23-32)25-42)47-28-34-18-11-19-35(30(34)2)33-16-7-5-8-17-33/h5,7-8,10-11,14-19,23-24H,3-4,6,9,12-13,20-22,26-28H2,1-2H3,(H,43,45). The predicted octanol–water partition coefficient (Wildman–Crippen LogP) is 8.73. The molecule has 0 spiro atoms. The maximum absolute atomic E-state index is 12.8. The summed E-state index contributed by atoms with van der Waals surface area (Å²) in [5.41, 5.74) is 9.59. The summed E-state index contributed by atoms with van der Waals surface area (Å²) in [5, 5.41) is 12.5. The van der Waals surface area contributed by atoms with E-state index in [1.54, 1.807) is 13.0 Å². The third-order valence-corrected chi connectivity index (χ3v) is 8.95. The molecule has 242 valence electrons. The minimum atomic E-state index is 0.0186. The molecule has 4 aromatic rings. The number of nitrogens with one attached hydrogen (secondary N) is 1. The molecule has 0 radical (unpaired) electrons. The molecule has 0 aliphatic heterocycles. The van der Waals surface area contributed by atoms with Crippen molar-refractivity contribution in [3.63, 3.8) is 0 Å². The van der Waals surface area contributed by atoms with Gasteiger partial charge >= 0.3 is 0 Å². The molecule has 6 heteroatoms. The van der Waals surface area contributed by atoms with Gasteiger partial charge in [0.2, 0.25) is 5.91 Å². The lowest BCUT2D eigenvalue weighted by Gasteiger charge is -2.20. The summed E-state index contributed by atoms with van der Waals surface area (Å²) >= 11 is 0. The van der Waals surface area contributed by atoms with E-state index in [1.165, 1.54) is 27.8 Å². The van der Waals surface area contributed by atoms with E-state index in [1.807, 2.05) is 30.3 Å². The molecule has 6 nitrogen and oxygen atoms in total. The number of Topliss-reactive ketones (excluding diaryl/α,β-unsaturated/α-hetero) is 1. The second kappa shape index (κ2) is 16.6. The van der Waals surface area contributed by atoms with Crippen LogP contribution in [0.5, 0.6) is 11.5 Å². The summed E-state index contributed by atoms with van der Waals surface area (Å²) in [4.78, 5) is 24.0. The Kier molecular flexibility index (Phi) is 11.8. The molecule has 0 atom stereocenters. The van der Waals surface area contributed by atoms with Crippen LogP contribution in [0.2, 0.25) is 0 Å². The zero-order valence-electron chi connectivity index (χ0n) is 27.6. The van der Waals surface area contributed by atoms with E-state index in [0.29, 0.717) is 43.9 Å². The van der Waals surface area contributed by atoms with Crippen molar-refractivity contribution in [2.24, 2.45) is 0 Å². The SMILES string of the molecule is CC(=O)CCCCCCC(=O)NCc1c(OCc2cccc(C#N)c2)cc(OCc2cccc(-c3ccccc3)c2C)c2c1CCC2. The number of rotatable bonds is 16. The first-order valence-electron chi connectivity index (χ1n) is 16.7. The highest BCUT2D eigenvalue weighted by Crippen LogP contribution is 2.40. The molecule has 47 heavy (non-hydrogen) atoms. The molecular formula is C41H44N2O4. The van der Waals surface area contributed by atoms with Gasteiger partial charge in [-0.25, -0.2) is 0 Å². The molecule has 1 N–H and O–H groups in total. The minimum Gasteiger partial charge on any atom is -0.488 e. The Hall–Kier alpha value is -4.89. The number of carbonyl (C=O) groups excluding carboxylic acids is 2. The third kappa shape index (κ3) is 9.10. The summed E-state index contributed by atoms with van der Waals surface area (Å²) in [6.45, 7) is 4.89. The van der Waals surface area contributed by atoms with Crippen molar-refractivity contribution in [1.82, 2.24) is 5.32 Å². The number of unbranched alkanes of at least 4 members (excludes halogenated alkanes) is 3. The number of benzene rings is 4. The third-order valence-electron chi connectivity index (χ3n) is 8.95. The molecule has 1 aliphatic rings. The molecule has 0 saturated carbocycles. The van der Waals surface area contributed by atoms with Gasteiger partial charge in [-0.15, -0.1) is 0 Å². The monoisotopic (exact) mass is 628 g/mol. The van der Waals surface area contributed by atoms with E-state index >= 15 is 0 Å². The highest BCUT2D eigenvalue weighted by Gasteiger charge is 2.24. The number of carbonyl (C=O) groups is 2. The minimum absolute atomic E-state index is 0.0186. The molecular weight excluding hydrogens is 584 g/mol. The van der Waals surface area contributed by atoms with Gasteiger partial charge in [0.15, 0.2) is 0 Å². The predicted molar refractivity (Wildman–Crippen MR) is 185 cm³/mol. The first kappa shape index (κ1) is 33.5. The summed E-state index contributed by atoms with van der Waals surface area (Å²) in [5.74, 6) is 1.76. The van der Waals surface area contributed by atoms with E-state index in [-0.39, 0.29) is 11.7 Å². The Labute approximate surface area is 278 Å². The van der Waals surface area contributed by atoms with Crippen molar-refractivity contribution in [2.45, 2.75) is 91.4 Å². The molecule has 0 fully saturated rings. The molecule has 4 aromatic carbocycles. The first-order valence-corrected chi connectivity index (χ1v) is 16.7. The lowest BCUT2D eigenvalue weighted by atomic mass is 9.97. The maximum Gasteiger partial charge on any atom is 0.220 e. The van der Waals surface area contributed by atoms with Crippen LogP contribution >= 0.6 is 0 Å². The number of hydrogen-bond acceptors (Lipinski definition) is 5. The quantitative estimate of drug-likeness (QED) is 0.125. The summed E-state index contributed by atoms with van der Waals surface area (Å²) in [6, 6.07) is 28.4. The largest absolute Gasteiger partial charge is 0.488 e. The highest BCUT2D eigenvalue weighted by atomic mass is 16.5. The van der Waals surface area contributed by atoms with Crippen molar-refractivity contribution >= 4 is 11.7 Å². The lowest BCUT2D eigenvalue weighted by Crippen LogP contribution is -2.23. The highest BCUT2D eigenvalue weighted by molar-refractivity contribution is 5.76. The Morgan fingerprint density at radius 1 is 0.809 bits per heavy atom. The van der Waals surface area contributed by atoms with Gasteiger partial charge < -0.3 is 19.6 Å². The molecule has 5 rings (SSSR count). The molecule has 0 bridgehead atoms. The van der Waals surface area contributed by atoms with Crippen LogP contribution in [0.1, 0.15) is 90.8 Å². The van der Waals surface area contributed by atoms with E-state index in [0.717, 1.165) is 67.4 Å². The van der Waals surface area contributed by atoms with Crippen LogP contribution in [-0.2, 0) is 42.2 Å². The van der Waals surface area contributed by atoms with Crippen molar-refractivity contribution in [1.29, 1.82) is 5.26 Å². The fourth-order valence-corrected chi connectivity index (χ4v) is 6.35. The average Bonchev–Trinajstić information content (AvgIpc) is 3.58. The lowest BCUT2D eigenvalue weighted by molar-refractivity contribution is -0.121. The van der Waals surface area contributed by atoms with Gasteiger partial charge in [-0.2, -0.15) is 5.26 Å². The average molecular weight is 629 g/mol. The van der Waals surface area contributed by atoms with Crippen LogP contribution in [0.15, 0.2) is 78.9 Å². The number of amides is 1. The van der Waals surface area contributed by atoms with Gasteiger partial charge in [0.05, 0.1) is 11.6 Å². The Morgan fingerprint density at radius 3 is 2.34 bits per heavy atom. The molecule has 0 unspecified atom stereocenters. The van der Waals surface area contributed by atoms with Gasteiger partial charge in [0.25, 0.3) is 0 Å². The van der Waals surface area contributed by atoms with Gasteiger partial charge in [-0.1, -0.05) is 73.5 Å². The van der Waals surface area contributed by atoms with E-state index in [9.17, 15) is 14.9 Å². The zero-order chi connectivity index (χ0) is 33.0. The molecule has 0 heterocycles. The van der Waals surface area contributed by atoms with E-state index in [2.05, 4.69) is 60.8 Å². The van der Waals surface area contributed by atoms with E-state index in [4.69, 9.17) is 9.47 Å². The number of ketones is 1. The van der Waals surface area contributed by atoms with Crippen LogP contribution in [0, 0.1) is 18.3 Å². The molecule has 0 aromatic heterocycles. The second-order valence-electron chi connectivity index (χ2n) is 12.4. The molecule has 1 aliphatic carbocycles. The second-order valence-corrected chi connectivity index (χ2v) is 12.4.